The minimum Gasteiger partial charge on any atom is -0.544 e. The van der Waals surface area contributed by atoms with E-state index in [0.717, 1.165) is 29.6 Å². The van der Waals surface area contributed by atoms with Crippen LogP contribution in [0.5, 0.6) is 0 Å². The number of hydrogen-bond acceptors (Lipinski definition) is 5. The Morgan fingerprint density at radius 1 is 1.42 bits per heavy atom. The van der Waals surface area contributed by atoms with E-state index in [1.807, 2.05) is 37.3 Å². The van der Waals surface area contributed by atoms with E-state index in [0.29, 0.717) is 5.16 Å². The number of benzene rings is 1. The molecule has 0 radical (unpaired) electrons. The van der Waals surface area contributed by atoms with Crippen LogP contribution in [-0.2, 0) is 11.2 Å². The largest absolute Gasteiger partial charge is 0.544 e. The molecule has 0 aliphatic carbocycles. The quantitative estimate of drug-likeness (QED) is 0.655. The van der Waals surface area contributed by atoms with E-state index in [1.54, 1.807) is 6.08 Å². The van der Waals surface area contributed by atoms with E-state index in [2.05, 4.69) is 15.2 Å². The van der Waals surface area contributed by atoms with Crippen LogP contribution in [0.4, 0.5) is 0 Å². The molecule has 1 aromatic carbocycles. The van der Waals surface area contributed by atoms with Crippen molar-refractivity contribution < 1.29 is 9.90 Å². The van der Waals surface area contributed by atoms with Crippen molar-refractivity contribution in [1.29, 1.82) is 0 Å². The maximum atomic E-state index is 11.1. The second kappa shape index (κ2) is 6.19. The summed E-state index contributed by atoms with van der Waals surface area (Å²) in [6, 6.07) is 9.18. The van der Waals surface area contributed by atoms with Gasteiger partial charge in [-0.05, 0) is 23.4 Å². The number of carboxylic acids is 1. The zero-order valence-electron chi connectivity index (χ0n) is 10.3. The Morgan fingerprint density at radius 2 is 2.16 bits per heavy atom. The number of nitrogens with zero attached hydrogens (tertiary/aromatic N) is 2. The number of carboxylic acid groups (broad SMARTS) is 1. The highest BCUT2D eigenvalue weighted by Crippen LogP contribution is 2.24. The molecule has 19 heavy (non-hydrogen) atoms. The molecule has 1 aromatic heterocycles. The van der Waals surface area contributed by atoms with Gasteiger partial charge in [-0.3, -0.25) is 5.10 Å². The standard InChI is InChI=1S/C13H13N3O2S/c1-2-11-14-13(16-15-11)19-10(12(17)18)8-9-6-4-3-5-7-9/h3-8H,2H2,1H3,(H,17,18)(H,14,15,16)/p-1/b10-8-. The number of thioether (sulfide) groups is 1. The van der Waals surface area contributed by atoms with Crippen LogP contribution in [0, 0.1) is 0 Å². The summed E-state index contributed by atoms with van der Waals surface area (Å²) in [5.74, 6) is -0.517. The summed E-state index contributed by atoms with van der Waals surface area (Å²) in [5, 5.41) is 18.2. The molecule has 0 saturated heterocycles. The van der Waals surface area contributed by atoms with Crippen molar-refractivity contribution in [2.45, 2.75) is 18.5 Å². The summed E-state index contributed by atoms with van der Waals surface area (Å²) in [7, 11) is 0. The first kappa shape index (κ1) is 13.4. The minimum absolute atomic E-state index is 0.0767. The van der Waals surface area contributed by atoms with Crippen molar-refractivity contribution in [2.24, 2.45) is 0 Å². The molecular formula is C13H12N3O2S-. The van der Waals surface area contributed by atoms with Gasteiger partial charge < -0.3 is 9.90 Å². The van der Waals surface area contributed by atoms with Crippen LogP contribution in [0.2, 0.25) is 0 Å². The molecule has 5 nitrogen and oxygen atoms in total. The van der Waals surface area contributed by atoms with Gasteiger partial charge in [0.05, 0.1) is 5.97 Å². The lowest BCUT2D eigenvalue weighted by Crippen LogP contribution is -2.23. The Bertz CT molecular complexity index is 593. The van der Waals surface area contributed by atoms with Gasteiger partial charge in [0.2, 0.25) is 5.16 Å². The van der Waals surface area contributed by atoms with Crippen molar-refractivity contribution in [1.82, 2.24) is 15.2 Å². The highest BCUT2D eigenvalue weighted by molar-refractivity contribution is 8.04. The first-order valence-corrected chi connectivity index (χ1v) is 6.58. The smallest absolute Gasteiger partial charge is 0.213 e. The first-order valence-electron chi connectivity index (χ1n) is 5.76. The van der Waals surface area contributed by atoms with Crippen LogP contribution in [-0.4, -0.2) is 21.2 Å². The number of aromatic nitrogens is 3. The zero-order chi connectivity index (χ0) is 13.7. The van der Waals surface area contributed by atoms with E-state index < -0.39 is 5.97 Å². The fraction of sp³-hybridized carbons (Fsp3) is 0.154. The first-order chi connectivity index (χ1) is 9.19. The van der Waals surface area contributed by atoms with Crippen molar-refractivity contribution in [3.05, 3.63) is 46.6 Å². The van der Waals surface area contributed by atoms with Gasteiger partial charge in [0, 0.05) is 11.3 Å². The van der Waals surface area contributed by atoms with E-state index in [9.17, 15) is 9.90 Å². The van der Waals surface area contributed by atoms with Crippen LogP contribution >= 0.6 is 11.8 Å². The molecule has 0 atom stereocenters. The van der Waals surface area contributed by atoms with E-state index in [4.69, 9.17) is 0 Å². The van der Waals surface area contributed by atoms with Crippen LogP contribution in [0.15, 0.2) is 40.4 Å². The van der Waals surface area contributed by atoms with Crippen LogP contribution in [0.25, 0.3) is 6.08 Å². The topological polar surface area (TPSA) is 81.7 Å². The number of rotatable bonds is 5. The third kappa shape index (κ3) is 3.69. The summed E-state index contributed by atoms with van der Waals surface area (Å²) in [6.07, 6.45) is 2.26. The third-order valence-electron chi connectivity index (χ3n) is 2.35. The summed E-state index contributed by atoms with van der Waals surface area (Å²) in [5.41, 5.74) is 0.792. The monoisotopic (exact) mass is 274 g/mol. The van der Waals surface area contributed by atoms with Gasteiger partial charge in [0.1, 0.15) is 5.82 Å². The maximum Gasteiger partial charge on any atom is 0.213 e. The Hall–Kier alpha value is -2.08. The predicted molar refractivity (Wildman–Crippen MR) is 71.0 cm³/mol. The highest BCUT2D eigenvalue weighted by Gasteiger charge is 2.07. The normalized spacial score (nSPS) is 11.5. The second-order valence-electron chi connectivity index (χ2n) is 3.73. The van der Waals surface area contributed by atoms with Gasteiger partial charge >= 0.3 is 0 Å². The fourth-order valence-electron chi connectivity index (χ4n) is 1.41. The Morgan fingerprint density at radius 3 is 2.74 bits per heavy atom. The van der Waals surface area contributed by atoms with Gasteiger partial charge in [-0.25, -0.2) is 4.98 Å². The summed E-state index contributed by atoms with van der Waals surface area (Å²) in [6.45, 7) is 1.94. The number of hydrogen-bond donors (Lipinski definition) is 1. The summed E-state index contributed by atoms with van der Waals surface area (Å²) < 4.78 is 0. The Kier molecular flexibility index (Phi) is 4.35. The SMILES string of the molecule is CCc1nc(S/C(=C\c2ccccc2)C(=O)[O-])n[nH]1. The molecule has 0 fully saturated rings. The highest BCUT2D eigenvalue weighted by atomic mass is 32.2. The molecule has 0 aliphatic heterocycles. The number of aliphatic carboxylic acids is 1. The van der Waals surface area contributed by atoms with E-state index >= 15 is 0 Å². The van der Waals surface area contributed by atoms with E-state index in [-0.39, 0.29) is 4.91 Å². The zero-order valence-corrected chi connectivity index (χ0v) is 11.1. The fourth-order valence-corrected chi connectivity index (χ4v) is 2.13. The van der Waals surface area contributed by atoms with Crippen LogP contribution < -0.4 is 5.11 Å². The van der Waals surface area contributed by atoms with Crippen molar-refractivity contribution >= 4 is 23.8 Å². The van der Waals surface area contributed by atoms with Crippen molar-refractivity contribution in [2.75, 3.05) is 0 Å². The number of carbonyl (C=O) groups excluding carboxylic acids is 1. The Balaban J connectivity index is 2.21. The number of H-pyrrole nitrogens is 1. The average molecular weight is 274 g/mol. The molecule has 0 unspecified atom stereocenters. The molecule has 1 N–H and O–H groups in total. The van der Waals surface area contributed by atoms with Gasteiger partial charge in [0.25, 0.3) is 0 Å². The molecule has 0 spiro atoms. The van der Waals surface area contributed by atoms with Crippen LogP contribution in [0.1, 0.15) is 18.3 Å². The minimum atomic E-state index is -1.24. The Labute approximate surface area is 114 Å². The van der Waals surface area contributed by atoms with Gasteiger partial charge in [-0.1, -0.05) is 37.3 Å². The molecule has 6 heteroatoms. The van der Waals surface area contributed by atoms with E-state index in [1.165, 1.54) is 0 Å². The summed E-state index contributed by atoms with van der Waals surface area (Å²) >= 11 is 0.973. The molecule has 0 bridgehead atoms. The lowest BCUT2D eigenvalue weighted by molar-refractivity contribution is -0.297. The van der Waals surface area contributed by atoms with Gasteiger partial charge in [-0.15, -0.1) is 5.10 Å². The molecule has 0 amide bonds. The lowest BCUT2D eigenvalue weighted by atomic mass is 10.2. The molecule has 2 aromatic rings. The molecular weight excluding hydrogens is 262 g/mol. The van der Waals surface area contributed by atoms with Gasteiger partial charge in [-0.2, -0.15) is 0 Å². The molecule has 98 valence electrons. The van der Waals surface area contributed by atoms with Crippen LogP contribution in [0.3, 0.4) is 0 Å². The van der Waals surface area contributed by atoms with Crippen molar-refractivity contribution in [3.63, 3.8) is 0 Å². The predicted octanol–water partition coefficient (Wildman–Crippen LogP) is 1.25. The third-order valence-corrected chi connectivity index (χ3v) is 3.22. The molecule has 0 aliphatic rings. The number of aryl methyl sites for hydroxylation is 1. The maximum absolute atomic E-state index is 11.1. The molecule has 2 rings (SSSR count). The summed E-state index contributed by atoms with van der Waals surface area (Å²) in [4.78, 5) is 15.4. The number of carbonyl (C=O) groups is 1. The molecule has 0 saturated carbocycles. The average Bonchev–Trinajstić information content (AvgIpc) is 2.87. The van der Waals surface area contributed by atoms with Crippen molar-refractivity contribution in [3.8, 4) is 0 Å². The number of nitrogens with one attached hydrogen (secondary N) is 1. The van der Waals surface area contributed by atoms with Gasteiger partial charge in [0.15, 0.2) is 0 Å². The lowest BCUT2D eigenvalue weighted by Gasteiger charge is -2.05. The molecule has 1 heterocycles. The number of aromatic amines is 1. The second-order valence-corrected chi connectivity index (χ2v) is 4.74.